The molecule has 0 radical (unpaired) electrons. The monoisotopic (exact) mass is 334 g/mol. The number of carbonyl (C=O) groups excluding carboxylic acids is 2. The van der Waals surface area contributed by atoms with E-state index in [2.05, 4.69) is 0 Å². The Kier molecular flexibility index (Phi) is 6.20. The van der Waals surface area contributed by atoms with Crippen molar-refractivity contribution in [1.82, 2.24) is 9.80 Å². The number of ether oxygens (including phenoxy) is 2. The van der Waals surface area contributed by atoms with Crippen LogP contribution in [0, 0.1) is 0 Å². The van der Waals surface area contributed by atoms with Gasteiger partial charge in [-0.2, -0.15) is 0 Å². The van der Waals surface area contributed by atoms with Gasteiger partial charge in [-0.3, -0.25) is 9.69 Å². The Hall–Kier alpha value is -2.08. The van der Waals surface area contributed by atoms with Crippen LogP contribution in [0.1, 0.15) is 26.3 Å². The van der Waals surface area contributed by atoms with E-state index in [1.54, 1.807) is 4.90 Å². The number of nitrogens with zero attached hydrogens (tertiary/aromatic N) is 2. The van der Waals surface area contributed by atoms with Crippen molar-refractivity contribution in [3.05, 3.63) is 35.9 Å². The highest BCUT2D eigenvalue weighted by molar-refractivity contribution is 5.72. The zero-order valence-electron chi connectivity index (χ0n) is 14.7. The molecule has 6 nitrogen and oxygen atoms in total. The van der Waals surface area contributed by atoms with Crippen LogP contribution in [0.3, 0.4) is 0 Å². The van der Waals surface area contributed by atoms with Crippen molar-refractivity contribution < 1.29 is 19.1 Å². The second-order valence-corrected chi connectivity index (χ2v) is 6.89. The molecule has 1 amide bonds. The standard InChI is InChI=1S/C18H26N2O4/c1-18(2,3)24-17(22)20-11-9-19(10-12-20)13-16(21)23-14-15-7-5-4-6-8-15/h4-8H,9-14H2,1-3H3. The molecule has 2 rings (SSSR count). The van der Waals surface area contributed by atoms with Crippen LogP contribution in [0.5, 0.6) is 0 Å². The summed E-state index contributed by atoms with van der Waals surface area (Å²) in [6, 6.07) is 9.60. The summed E-state index contributed by atoms with van der Waals surface area (Å²) < 4.78 is 10.6. The fourth-order valence-electron chi connectivity index (χ4n) is 2.38. The lowest BCUT2D eigenvalue weighted by molar-refractivity contribution is -0.146. The molecule has 1 fully saturated rings. The molecule has 0 unspecified atom stereocenters. The molecule has 0 atom stereocenters. The van der Waals surface area contributed by atoms with Gasteiger partial charge in [-0.1, -0.05) is 30.3 Å². The zero-order valence-corrected chi connectivity index (χ0v) is 14.7. The van der Waals surface area contributed by atoms with Crippen LogP contribution < -0.4 is 0 Å². The highest BCUT2D eigenvalue weighted by Crippen LogP contribution is 2.12. The van der Waals surface area contributed by atoms with Crippen molar-refractivity contribution in [2.75, 3.05) is 32.7 Å². The number of esters is 1. The molecule has 1 aliphatic rings. The first-order chi connectivity index (χ1) is 11.3. The molecule has 0 aliphatic carbocycles. The average molecular weight is 334 g/mol. The van der Waals surface area contributed by atoms with Gasteiger partial charge in [0.05, 0.1) is 6.54 Å². The number of carbonyl (C=O) groups is 2. The van der Waals surface area contributed by atoms with Crippen LogP contribution in [0.4, 0.5) is 4.79 Å². The van der Waals surface area contributed by atoms with E-state index in [0.29, 0.717) is 26.2 Å². The fraction of sp³-hybridized carbons (Fsp3) is 0.556. The number of hydrogen-bond acceptors (Lipinski definition) is 5. The first kappa shape index (κ1) is 18.3. The molecule has 0 bridgehead atoms. The molecule has 24 heavy (non-hydrogen) atoms. The summed E-state index contributed by atoms with van der Waals surface area (Å²) in [5.41, 5.74) is 0.482. The van der Waals surface area contributed by atoms with Gasteiger partial charge in [0.15, 0.2) is 0 Å². The predicted octanol–water partition coefficient (Wildman–Crippen LogP) is 2.28. The van der Waals surface area contributed by atoms with Crippen molar-refractivity contribution in [3.8, 4) is 0 Å². The van der Waals surface area contributed by atoms with Gasteiger partial charge in [-0.15, -0.1) is 0 Å². The smallest absolute Gasteiger partial charge is 0.410 e. The van der Waals surface area contributed by atoms with Crippen molar-refractivity contribution in [2.45, 2.75) is 33.0 Å². The number of rotatable bonds is 4. The Morgan fingerprint density at radius 3 is 2.25 bits per heavy atom. The minimum atomic E-state index is -0.491. The lowest BCUT2D eigenvalue weighted by Crippen LogP contribution is -2.51. The molecule has 132 valence electrons. The summed E-state index contributed by atoms with van der Waals surface area (Å²) in [5, 5.41) is 0. The maximum absolute atomic E-state index is 12.0. The molecule has 0 spiro atoms. The summed E-state index contributed by atoms with van der Waals surface area (Å²) in [6.07, 6.45) is -0.297. The third-order valence-electron chi connectivity index (χ3n) is 3.62. The van der Waals surface area contributed by atoms with E-state index in [1.807, 2.05) is 56.0 Å². The zero-order chi connectivity index (χ0) is 17.6. The van der Waals surface area contributed by atoms with Crippen LogP contribution in [-0.2, 0) is 20.9 Å². The van der Waals surface area contributed by atoms with E-state index in [0.717, 1.165) is 5.56 Å². The summed E-state index contributed by atoms with van der Waals surface area (Å²) in [5.74, 6) is -0.246. The van der Waals surface area contributed by atoms with E-state index < -0.39 is 5.60 Å². The molecule has 0 aromatic heterocycles. The molecular formula is C18H26N2O4. The van der Waals surface area contributed by atoms with E-state index in [4.69, 9.17) is 9.47 Å². The Balaban J connectivity index is 1.69. The molecule has 1 heterocycles. The Morgan fingerprint density at radius 2 is 1.67 bits per heavy atom. The van der Waals surface area contributed by atoms with Gasteiger partial charge in [-0.05, 0) is 26.3 Å². The van der Waals surface area contributed by atoms with Gasteiger partial charge >= 0.3 is 12.1 Å². The van der Waals surface area contributed by atoms with Gasteiger partial charge in [0, 0.05) is 26.2 Å². The third kappa shape index (κ3) is 6.20. The lowest BCUT2D eigenvalue weighted by Gasteiger charge is -2.35. The maximum Gasteiger partial charge on any atom is 0.410 e. The highest BCUT2D eigenvalue weighted by Gasteiger charge is 2.26. The third-order valence-corrected chi connectivity index (χ3v) is 3.62. The molecule has 1 aromatic rings. The van der Waals surface area contributed by atoms with Crippen molar-refractivity contribution in [1.29, 1.82) is 0 Å². The Morgan fingerprint density at radius 1 is 1.04 bits per heavy atom. The van der Waals surface area contributed by atoms with Gasteiger partial charge in [0.1, 0.15) is 12.2 Å². The molecule has 1 aromatic carbocycles. The van der Waals surface area contributed by atoms with E-state index in [1.165, 1.54) is 0 Å². The first-order valence-corrected chi connectivity index (χ1v) is 8.23. The van der Waals surface area contributed by atoms with Crippen molar-refractivity contribution in [3.63, 3.8) is 0 Å². The van der Waals surface area contributed by atoms with Gasteiger partial charge in [0.2, 0.25) is 0 Å². The van der Waals surface area contributed by atoms with Crippen LogP contribution in [0.2, 0.25) is 0 Å². The van der Waals surface area contributed by atoms with Gasteiger partial charge in [0.25, 0.3) is 0 Å². The summed E-state index contributed by atoms with van der Waals surface area (Å²) in [7, 11) is 0. The second-order valence-electron chi connectivity index (χ2n) is 6.89. The van der Waals surface area contributed by atoms with E-state index in [9.17, 15) is 9.59 Å². The normalized spacial score (nSPS) is 15.9. The van der Waals surface area contributed by atoms with Crippen molar-refractivity contribution >= 4 is 12.1 Å². The SMILES string of the molecule is CC(C)(C)OC(=O)N1CCN(CC(=O)OCc2ccccc2)CC1. The number of benzene rings is 1. The number of amides is 1. The van der Waals surface area contributed by atoms with E-state index >= 15 is 0 Å². The van der Waals surface area contributed by atoms with Crippen molar-refractivity contribution in [2.24, 2.45) is 0 Å². The molecular weight excluding hydrogens is 308 g/mol. The molecule has 0 saturated carbocycles. The number of hydrogen-bond donors (Lipinski definition) is 0. The average Bonchev–Trinajstić information content (AvgIpc) is 2.53. The quantitative estimate of drug-likeness (QED) is 0.791. The maximum atomic E-state index is 12.0. The highest BCUT2D eigenvalue weighted by atomic mass is 16.6. The van der Waals surface area contributed by atoms with Crippen LogP contribution in [0.25, 0.3) is 0 Å². The molecule has 0 N–H and O–H groups in total. The summed E-state index contributed by atoms with van der Waals surface area (Å²) in [4.78, 5) is 27.6. The molecule has 6 heteroatoms. The molecule has 1 saturated heterocycles. The Bertz CT molecular complexity index is 546. The molecule has 1 aliphatic heterocycles. The summed E-state index contributed by atoms with van der Waals surface area (Å²) in [6.45, 7) is 8.48. The largest absolute Gasteiger partial charge is 0.460 e. The second kappa shape index (κ2) is 8.15. The van der Waals surface area contributed by atoms with E-state index in [-0.39, 0.29) is 25.2 Å². The van der Waals surface area contributed by atoms with Crippen LogP contribution in [0.15, 0.2) is 30.3 Å². The Labute approximate surface area is 143 Å². The fourth-order valence-corrected chi connectivity index (χ4v) is 2.38. The lowest BCUT2D eigenvalue weighted by atomic mass is 10.2. The minimum Gasteiger partial charge on any atom is -0.460 e. The number of piperazine rings is 1. The minimum absolute atomic E-state index is 0.245. The van der Waals surface area contributed by atoms with Crippen LogP contribution in [-0.4, -0.2) is 60.2 Å². The summed E-state index contributed by atoms with van der Waals surface area (Å²) >= 11 is 0. The van der Waals surface area contributed by atoms with Gasteiger partial charge in [-0.25, -0.2) is 4.79 Å². The first-order valence-electron chi connectivity index (χ1n) is 8.23. The van der Waals surface area contributed by atoms with Gasteiger partial charge < -0.3 is 14.4 Å². The topological polar surface area (TPSA) is 59.1 Å². The van der Waals surface area contributed by atoms with Crippen LogP contribution >= 0.6 is 0 Å². The predicted molar refractivity (Wildman–Crippen MR) is 90.5 cm³/mol.